The first-order valence-electron chi connectivity index (χ1n) is 6.64. The lowest BCUT2D eigenvalue weighted by molar-refractivity contribution is -0.00680. The van der Waals surface area contributed by atoms with Gasteiger partial charge in [0.25, 0.3) is 0 Å². The van der Waals surface area contributed by atoms with Crippen LogP contribution < -0.4 is 5.32 Å². The Hall–Kier alpha value is -0.0800. The van der Waals surface area contributed by atoms with Crippen LogP contribution in [0.15, 0.2) is 0 Å². The van der Waals surface area contributed by atoms with Crippen molar-refractivity contribution in [2.24, 2.45) is 5.92 Å². The second kappa shape index (κ2) is 4.84. The van der Waals surface area contributed by atoms with Gasteiger partial charge < -0.3 is 10.4 Å². The molecule has 2 nitrogen and oxygen atoms in total. The van der Waals surface area contributed by atoms with Crippen molar-refractivity contribution in [3.05, 3.63) is 0 Å². The lowest BCUT2D eigenvalue weighted by atomic mass is 9.83. The standard InChI is InChI=1S/C13H25NO/c1-13(15,10-14-12-8-9-12)11-6-4-2-3-5-7-11/h11-12,14-15H,2-10H2,1H3. The maximum Gasteiger partial charge on any atom is 0.0771 e. The lowest BCUT2D eigenvalue weighted by Crippen LogP contribution is -2.44. The summed E-state index contributed by atoms with van der Waals surface area (Å²) in [4.78, 5) is 0. The van der Waals surface area contributed by atoms with Gasteiger partial charge >= 0.3 is 0 Å². The van der Waals surface area contributed by atoms with Gasteiger partial charge in [0.1, 0.15) is 0 Å². The van der Waals surface area contributed by atoms with E-state index in [0.29, 0.717) is 12.0 Å². The fourth-order valence-electron chi connectivity index (χ4n) is 2.68. The van der Waals surface area contributed by atoms with Crippen LogP contribution in [0.2, 0.25) is 0 Å². The van der Waals surface area contributed by atoms with Gasteiger partial charge in [0, 0.05) is 12.6 Å². The number of hydrogen-bond acceptors (Lipinski definition) is 2. The first kappa shape index (κ1) is 11.4. The first-order valence-corrected chi connectivity index (χ1v) is 6.64. The van der Waals surface area contributed by atoms with Crippen LogP contribution in [0.3, 0.4) is 0 Å². The monoisotopic (exact) mass is 211 g/mol. The molecule has 1 atom stereocenters. The predicted molar refractivity (Wildman–Crippen MR) is 62.8 cm³/mol. The van der Waals surface area contributed by atoms with E-state index in [2.05, 4.69) is 5.32 Å². The molecule has 2 rings (SSSR count). The topological polar surface area (TPSA) is 32.3 Å². The number of nitrogens with one attached hydrogen (secondary N) is 1. The van der Waals surface area contributed by atoms with Crippen molar-refractivity contribution in [2.75, 3.05) is 6.54 Å². The maximum absolute atomic E-state index is 10.5. The van der Waals surface area contributed by atoms with Gasteiger partial charge in [-0.05, 0) is 38.5 Å². The summed E-state index contributed by atoms with van der Waals surface area (Å²) in [6.45, 7) is 2.82. The van der Waals surface area contributed by atoms with Crippen molar-refractivity contribution < 1.29 is 5.11 Å². The summed E-state index contributed by atoms with van der Waals surface area (Å²) >= 11 is 0. The summed E-state index contributed by atoms with van der Waals surface area (Å²) in [5, 5.41) is 13.9. The van der Waals surface area contributed by atoms with Crippen LogP contribution in [0, 0.1) is 5.92 Å². The van der Waals surface area contributed by atoms with E-state index in [1.165, 1.54) is 51.4 Å². The van der Waals surface area contributed by atoms with Crippen LogP contribution in [0.25, 0.3) is 0 Å². The van der Waals surface area contributed by atoms with Crippen molar-refractivity contribution in [1.82, 2.24) is 5.32 Å². The van der Waals surface area contributed by atoms with Crippen LogP contribution in [0.1, 0.15) is 58.3 Å². The third-order valence-electron chi connectivity index (χ3n) is 4.06. The zero-order valence-electron chi connectivity index (χ0n) is 9.97. The summed E-state index contributed by atoms with van der Waals surface area (Å²) in [5.74, 6) is 0.520. The highest BCUT2D eigenvalue weighted by atomic mass is 16.3. The molecule has 0 aromatic rings. The van der Waals surface area contributed by atoms with Crippen molar-refractivity contribution in [2.45, 2.75) is 69.9 Å². The Morgan fingerprint density at radius 1 is 1.07 bits per heavy atom. The van der Waals surface area contributed by atoms with Gasteiger partial charge in [-0.1, -0.05) is 25.7 Å². The second-order valence-corrected chi connectivity index (χ2v) is 5.70. The minimum Gasteiger partial charge on any atom is -0.389 e. The Labute approximate surface area is 93.5 Å². The Kier molecular flexibility index (Phi) is 3.68. The van der Waals surface area contributed by atoms with Gasteiger partial charge in [0.05, 0.1) is 5.60 Å². The van der Waals surface area contributed by atoms with Crippen LogP contribution in [-0.4, -0.2) is 23.3 Å². The third kappa shape index (κ3) is 3.46. The molecule has 0 aromatic carbocycles. The van der Waals surface area contributed by atoms with Crippen LogP contribution >= 0.6 is 0 Å². The Bertz CT molecular complexity index is 191. The third-order valence-corrected chi connectivity index (χ3v) is 4.06. The van der Waals surface area contributed by atoms with Crippen LogP contribution in [-0.2, 0) is 0 Å². The molecule has 15 heavy (non-hydrogen) atoms. The van der Waals surface area contributed by atoms with Crippen molar-refractivity contribution in [1.29, 1.82) is 0 Å². The number of aliphatic hydroxyl groups is 1. The molecule has 0 heterocycles. The lowest BCUT2D eigenvalue weighted by Gasteiger charge is -2.32. The highest BCUT2D eigenvalue weighted by Crippen LogP contribution is 2.32. The first-order chi connectivity index (χ1) is 7.18. The Morgan fingerprint density at radius 3 is 2.20 bits per heavy atom. The molecule has 0 radical (unpaired) electrons. The highest BCUT2D eigenvalue weighted by Gasteiger charge is 2.33. The fraction of sp³-hybridized carbons (Fsp3) is 1.00. The zero-order chi connectivity index (χ0) is 10.7. The van der Waals surface area contributed by atoms with E-state index in [-0.39, 0.29) is 0 Å². The summed E-state index contributed by atoms with van der Waals surface area (Å²) in [7, 11) is 0. The highest BCUT2D eigenvalue weighted by molar-refractivity contribution is 4.89. The minimum atomic E-state index is -0.479. The summed E-state index contributed by atoms with van der Waals surface area (Å²) in [5.41, 5.74) is -0.479. The number of rotatable bonds is 4. The van der Waals surface area contributed by atoms with Gasteiger partial charge in [-0.2, -0.15) is 0 Å². The van der Waals surface area contributed by atoms with Gasteiger partial charge in [-0.3, -0.25) is 0 Å². The summed E-state index contributed by atoms with van der Waals surface area (Å²) in [6, 6.07) is 0.710. The molecule has 0 aliphatic heterocycles. The molecule has 2 N–H and O–H groups in total. The second-order valence-electron chi connectivity index (χ2n) is 5.70. The molecular formula is C13H25NO. The molecule has 0 aromatic heterocycles. The number of hydrogen-bond donors (Lipinski definition) is 2. The van der Waals surface area contributed by atoms with Gasteiger partial charge in [0.15, 0.2) is 0 Å². The van der Waals surface area contributed by atoms with E-state index in [4.69, 9.17) is 0 Å². The van der Waals surface area contributed by atoms with Gasteiger partial charge in [-0.25, -0.2) is 0 Å². The molecule has 2 fully saturated rings. The molecule has 88 valence electrons. The van der Waals surface area contributed by atoms with Crippen molar-refractivity contribution >= 4 is 0 Å². The minimum absolute atomic E-state index is 0.479. The summed E-state index contributed by atoms with van der Waals surface area (Å²) in [6.07, 6.45) is 10.4. The van der Waals surface area contributed by atoms with E-state index in [9.17, 15) is 5.11 Å². The molecule has 0 bridgehead atoms. The van der Waals surface area contributed by atoms with E-state index < -0.39 is 5.60 Å². The van der Waals surface area contributed by atoms with Crippen molar-refractivity contribution in [3.63, 3.8) is 0 Å². The Balaban J connectivity index is 1.80. The van der Waals surface area contributed by atoms with E-state index in [1.54, 1.807) is 0 Å². The van der Waals surface area contributed by atoms with Crippen LogP contribution in [0.5, 0.6) is 0 Å². The molecule has 2 aliphatic carbocycles. The van der Waals surface area contributed by atoms with Gasteiger partial charge in [-0.15, -0.1) is 0 Å². The molecular weight excluding hydrogens is 186 g/mol. The average molecular weight is 211 g/mol. The molecule has 0 spiro atoms. The smallest absolute Gasteiger partial charge is 0.0771 e. The van der Waals surface area contributed by atoms with E-state index in [1.807, 2.05) is 6.92 Å². The maximum atomic E-state index is 10.5. The van der Waals surface area contributed by atoms with Crippen LogP contribution in [0.4, 0.5) is 0 Å². The molecule has 2 aliphatic rings. The normalized spacial score (nSPS) is 28.4. The molecule has 2 saturated carbocycles. The molecule has 0 amide bonds. The molecule has 0 saturated heterocycles. The van der Waals surface area contributed by atoms with E-state index in [0.717, 1.165) is 6.54 Å². The summed E-state index contributed by atoms with van der Waals surface area (Å²) < 4.78 is 0. The average Bonchev–Trinajstić information content (AvgIpc) is 3.03. The fourth-order valence-corrected chi connectivity index (χ4v) is 2.68. The SMILES string of the molecule is CC(O)(CNC1CC1)C1CCCCCC1. The van der Waals surface area contributed by atoms with Gasteiger partial charge in [0.2, 0.25) is 0 Å². The van der Waals surface area contributed by atoms with E-state index >= 15 is 0 Å². The van der Waals surface area contributed by atoms with Crippen molar-refractivity contribution in [3.8, 4) is 0 Å². The quantitative estimate of drug-likeness (QED) is 0.700. The predicted octanol–water partition coefficient (Wildman–Crippen LogP) is 2.46. The largest absolute Gasteiger partial charge is 0.389 e. The molecule has 1 unspecified atom stereocenters. The zero-order valence-corrected chi connectivity index (χ0v) is 9.97. The Morgan fingerprint density at radius 2 is 1.67 bits per heavy atom. The molecule has 2 heteroatoms.